The van der Waals surface area contributed by atoms with Gasteiger partial charge >= 0.3 is 5.97 Å². The van der Waals surface area contributed by atoms with Gasteiger partial charge in [-0.3, -0.25) is 9.59 Å². The van der Waals surface area contributed by atoms with E-state index in [1.807, 2.05) is 41.8 Å². The summed E-state index contributed by atoms with van der Waals surface area (Å²) in [5.74, 6) is -0.0446. The molecule has 4 nitrogen and oxygen atoms in total. The van der Waals surface area contributed by atoms with Crippen molar-refractivity contribution in [3.63, 3.8) is 0 Å². The summed E-state index contributed by atoms with van der Waals surface area (Å²) in [4.78, 5) is 25.0. The molecule has 1 heterocycles. The lowest BCUT2D eigenvalue weighted by Gasteiger charge is -2.58. The highest BCUT2D eigenvalue weighted by Gasteiger charge is 2.56. The number of hydrogen-bond donors (Lipinski definition) is 0. The second-order valence-corrected chi connectivity index (χ2v) is 13.5. The van der Waals surface area contributed by atoms with Gasteiger partial charge in [0, 0.05) is 6.04 Å². The monoisotopic (exact) mass is 361 g/mol. The second kappa shape index (κ2) is 7.32. The molecular weight excluding hydrogens is 330 g/mol. The van der Waals surface area contributed by atoms with Crippen molar-refractivity contribution >= 4 is 20.1 Å². The summed E-state index contributed by atoms with van der Waals surface area (Å²) in [5, 5.41) is 0.0631. The molecule has 2 atom stereocenters. The molecule has 1 amide bonds. The minimum Gasteiger partial charge on any atom is -0.461 e. The summed E-state index contributed by atoms with van der Waals surface area (Å²) in [6.45, 7) is 13.3. The third-order valence-electron chi connectivity index (χ3n) is 5.85. The lowest BCUT2D eigenvalue weighted by molar-refractivity contribution is -0.155. The zero-order chi connectivity index (χ0) is 18.8. The minimum atomic E-state index is -1.98. The number of β-lactam (4-membered cyclic amide) rings is 1. The lowest BCUT2D eigenvalue weighted by Crippen LogP contribution is -2.72. The van der Waals surface area contributed by atoms with E-state index in [1.165, 1.54) is 0 Å². The highest BCUT2D eigenvalue weighted by molar-refractivity contribution is 6.80. The number of ether oxygens (including phenoxy) is 1. The molecule has 0 aromatic heterocycles. The molecule has 138 valence electrons. The van der Waals surface area contributed by atoms with E-state index in [0.29, 0.717) is 6.42 Å². The third kappa shape index (κ3) is 3.97. The predicted molar refractivity (Wildman–Crippen MR) is 102 cm³/mol. The Labute approximate surface area is 152 Å². The van der Waals surface area contributed by atoms with E-state index in [9.17, 15) is 9.59 Å². The van der Waals surface area contributed by atoms with Gasteiger partial charge in [0.25, 0.3) is 0 Å². The SMILES string of the molecule is CC[C@H]1C(=O)N([Si](C)(C)C(C)(C)C)[C@@H]1CC(=O)OCc1ccccc1. The molecule has 1 aromatic carbocycles. The first-order chi connectivity index (χ1) is 11.6. The average molecular weight is 362 g/mol. The Hall–Kier alpha value is -1.62. The van der Waals surface area contributed by atoms with E-state index in [0.717, 1.165) is 12.0 Å². The molecule has 25 heavy (non-hydrogen) atoms. The Morgan fingerprint density at radius 1 is 1.20 bits per heavy atom. The van der Waals surface area contributed by atoms with E-state index >= 15 is 0 Å². The molecule has 0 saturated carbocycles. The summed E-state index contributed by atoms with van der Waals surface area (Å²) in [5.41, 5.74) is 0.980. The number of carbonyl (C=O) groups is 2. The van der Waals surface area contributed by atoms with Crippen LogP contribution < -0.4 is 0 Å². The van der Waals surface area contributed by atoms with Gasteiger partial charge in [0.05, 0.1) is 12.3 Å². The van der Waals surface area contributed by atoms with Crippen molar-refractivity contribution in [2.45, 2.75) is 71.3 Å². The van der Waals surface area contributed by atoms with Crippen LogP contribution in [0.25, 0.3) is 0 Å². The highest BCUT2D eigenvalue weighted by Crippen LogP contribution is 2.46. The van der Waals surface area contributed by atoms with Gasteiger partial charge in [-0.25, -0.2) is 0 Å². The first-order valence-electron chi connectivity index (χ1n) is 9.12. The molecule has 0 radical (unpaired) electrons. The van der Waals surface area contributed by atoms with Crippen molar-refractivity contribution in [1.82, 2.24) is 4.57 Å². The summed E-state index contributed by atoms with van der Waals surface area (Å²) >= 11 is 0. The van der Waals surface area contributed by atoms with Gasteiger partial charge in [0.2, 0.25) is 5.91 Å². The largest absolute Gasteiger partial charge is 0.461 e. The highest BCUT2D eigenvalue weighted by atomic mass is 28.3. The van der Waals surface area contributed by atoms with Crippen molar-refractivity contribution in [3.8, 4) is 0 Å². The molecule has 1 aliphatic heterocycles. The molecular formula is C20H31NO3Si. The van der Waals surface area contributed by atoms with Gasteiger partial charge in [-0.15, -0.1) is 0 Å². The van der Waals surface area contributed by atoms with E-state index in [2.05, 4.69) is 33.9 Å². The maximum absolute atomic E-state index is 12.7. The normalized spacial score (nSPS) is 21.0. The van der Waals surface area contributed by atoms with Gasteiger partial charge in [-0.1, -0.05) is 71.1 Å². The van der Waals surface area contributed by atoms with E-state index in [4.69, 9.17) is 4.74 Å². The van der Waals surface area contributed by atoms with Crippen LogP contribution in [-0.2, 0) is 20.9 Å². The van der Waals surface area contributed by atoms with Crippen LogP contribution >= 0.6 is 0 Å². The van der Waals surface area contributed by atoms with E-state index < -0.39 is 8.24 Å². The van der Waals surface area contributed by atoms with Crippen molar-refractivity contribution in [2.75, 3.05) is 0 Å². The Morgan fingerprint density at radius 2 is 1.80 bits per heavy atom. The maximum Gasteiger partial charge on any atom is 0.308 e. The van der Waals surface area contributed by atoms with Crippen LogP contribution in [0.2, 0.25) is 18.1 Å². The van der Waals surface area contributed by atoms with Crippen LogP contribution in [-0.4, -0.2) is 30.7 Å². The fourth-order valence-electron chi connectivity index (χ4n) is 3.30. The summed E-state index contributed by atoms with van der Waals surface area (Å²) in [6, 6.07) is 9.67. The molecule has 0 aliphatic carbocycles. The third-order valence-corrected chi connectivity index (χ3v) is 11.3. The standard InChI is InChI=1S/C20H31NO3Si/c1-7-16-17(21(19(16)23)25(5,6)20(2,3)4)13-18(22)24-14-15-11-9-8-10-12-15/h8-12,16-17H,7,13-14H2,1-6H3/t16-,17-/m1/s1. The van der Waals surface area contributed by atoms with Crippen LogP contribution in [0.3, 0.4) is 0 Å². The summed E-state index contributed by atoms with van der Waals surface area (Å²) in [7, 11) is -1.98. The second-order valence-electron chi connectivity index (χ2n) is 8.45. The van der Waals surface area contributed by atoms with Crippen molar-refractivity contribution < 1.29 is 14.3 Å². The Morgan fingerprint density at radius 3 is 2.32 bits per heavy atom. The molecule has 0 unspecified atom stereocenters. The van der Waals surface area contributed by atoms with Crippen molar-refractivity contribution in [3.05, 3.63) is 35.9 Å². The fourth-order valence-corrected chi connectivity index (χ4v) is 5.84. The van der Waals surface area contributed by atoms with Gasteiger partial charge < -0.3 is 9.30 Å². The Bertz CT molecular complexity index is 622. The number of esters is 1. The molecule has 1 saturated heterocycles. The topological polar surface area (TPSA) is 46.6 Å². The first kappa shape index (κ1) is 19.7. The number of hydrogen-bond acceptors (Lipinski definition) is 3. The van der Waals surface area contributed by atoms with Crippen LogP contribution in [0.15, 0.2) is 30.3 Å². The van der Waals surface area contributed by atoms with Crippen molar-refractivity contribution in [2.24, 2.45) is 5.92 Å². The minimum absolute atomic E-state index is 0.0123. The van der Waals surface area contributed by atoms with Crippen LogP contribution in [0.5, 0.6) is 0 Å². The number of carbonyl (C=O) groups excluding carboxylic acids is 2. The number of rotatable bonds is 6. The number of nitrogens with zero attached hydrogens (tertiary/aromatic N) is 1. The van der Waals surface area contributed by atoms with E-state index in [-0.39, 0.29) is 35.5 Å². The van der Waals surface area contributed by atoms with Gasteiger partial charge in [0.15, 0.2) is 8.24 Å². The van der Waals surface area contributed by atoms with Crippen molar-refractivity contribution in [1.29, 1.82) is 0 Å². The summed E-state index contributed by atoms with van der Waals surface area (Å²) in [6.07, 6.45) is 1.07. The molecule has 1 aromatic rings. The summed E-state index contributed by atoms with van der Waals surface area (Å²) < 4.78 is 7.49. The number of amides is 1. The zero-order valence-electron chi connectivity index (χ0n) is 16.3. The first-order valence-corrected chi connectivity index (χ1v) is 12.1. The predicted octanol–water partition coefficient (Wildman–Crippen LogP) is 4.36. The number of benzene rings is 1. The van der Waals surface area contributed by atoms with Crippen LogP contribution in [0.1, 0.15) is 46.1 Å². The lowest BCUT2D eigenvalue weighted by atomic mass is 9.86. The molecule has 2 rings (SSSR count). The molecule has 1 fully saturated rings. The zero-order valence-corrected chi connectivity index (χ0v) is 17.3. The van der Waals surface area contributed by atoms with E-state index in [1.54, 1.807) is 0 Å². The molecule has 1 aliphatic rings. The van der Waals surface area contributed by atoms with Crippen LogP contribution in [0, 0.1) is 5.92 Å². The Kier molecular flexibility index (Phi) is 5.77. The Balaban J connectivity index is 2.04. The molecule has 0 bridgehead atoms. The van der Waals surface area contributed by atoms with Gasteiger partial charge in [0.1, 0.15) is 6.61 Å². The van der Waals surface area contributed by atoms with Gasteiger partial charge in [-0.2, -0.15) is 0 Å². The average Bonchev–Trinajstić information content (AvgIpc) is 2.52. The van der Waals surface area contributed by atoms with Gasteiger partial charge in [-0.05, 0) is 17.0 Å². The smallest absolute Gasteiger partial charge is 0.308 e. The van der Waals surface area contributed by atoms with Crippen LogP contribution in [0.4, 0.5) is 0 Å². The quantitative estimate of drug-likeness (QED) is 0.429. The molecule has 5 heteroatoms. The molecule has 0 N–H and O–H groups in total. The maximum atomic E-state index is 12.7. The molecule has 0 spiro atoms. The fraction of sp³-hybridized carbons (Fsp3) is 0.600.